The molecule has 0 amide bonds. The number of benzene rings is 6. The molecule has 0 aliphatic carbocycles. The van der Waals surface area contributed by atoms with E-state index in [1.54, 1.807) is 0 Å². The highest BCUT2D eigenvalue weighted by Crippen LogP contribution is 2.45. The van der Waals surface area contributed by atoms with Crippen molar-refractivity contribution in [3.05, 3.63) is 140 Å². The molecule has 0 unspecified atom stereocenters. The maximum Gasteiger partial charge on any atom is 0.0640 e. The summed E-state index contributed by atoms with van der Waals surface area (Å²) in [5.74, 6) is 0. The van der Waals surface area contributed by atoms with E-state index in [-0.39, 0.29) is 0 Å². The molecule has 0 N–H and O–H groups in total. The molecule has 2 aromatic heterocycles. The van der Waals surface area contributed by atoms with Crippen molar-refractivity contribution in [1.82, 2.24) is 0 Å². The molecule has 3 heteroatoms. The summed E-state index contributed by atoms with van der Waals surface area (Å²) in [6, 6.07) is 50.6. The number of hydrogen-bond donors (Lipinski definition) is 0. The summed E-state index contributed by atoms with van der Waals surface area (Å²) >= 11 is 3.73. The first-order chi connectivity index (χ1) is 19.3. The van der Waals surface area contributed by atoms with Crippen molar-refractivity contribution in [3.8, 4) is 11.1 Å². The molecule has 0 fully saturated rings. The first-order valence-corrected chi connectivity index (χ1v) is 14.7. The van der Waals surface area contributed by atoms with E-state index in [2.05, 4.69) is 144 Å². The molecule has 0 saturated heterocycles. The van der Waals surface area contributed by atoms with Gasteiger partial charge in [0.25, 0.3) is 0 Å². The Morgan fingerprint density at radius 2 is 0.974 bits per heavy atom. The average Bonchev–Trinajstić information content (AvgIpc) is 3.57. The van der Waals surface area contributed by atoms with Crippen molar-refractivity contribution in [2.24, 2.45) is 0 Å². The van der Waals surface area contributed by atoms with E-state index in [1.165, 1.54) is 57.2 Å². The molecule has 0 aliphatic heterocycles. The van der Waals surface area contributed by atoms with E-state index >= 15 is 0 Å². The number of nitrogens with zero attached hydrogens (tertiary/aromatic N) is 1. The summed E-state index contributed by atoms with van der Waals surface area (Å²) in [5, 5.41) is 5.29. The zero-order valence-electron chi connectivity index (χ0n) is 21.0. The fourth-order valence-corrected chi connectivity index (χ4v) is 7.91. The summed E-state index contributed by atoms with van der Waals surface area (Å²) in [6.07, 6.45) is 0. The zero-order valence-corrected chi connectivity index (χ0v) is 22.7. The largest absolute Gasteiger partial charge is 0.309 e. The molecule has 1 nitrogen and oxygen atoms in total. The molecule has 0 aliphatic rings. The van der Waals surface area contributed by atoms with Gasteiger partial charge in [-0.3, -0.25) is 0 Å². The molecule has 2 heterocycles. The number of anilines is 3. The van der Waals surface area contributed by atoms with E-state index in [9.17, 15) is 0 Å². The van der Waals surface area contributed by atoms with Crippen molar-refractivity contribution in [2.75, 3.05) is 4.90 Å². The topological polar surface area (TPSA) is 3.24 Å². The quantitative estimate of drug-likeness (QED) is 0.217. The Morgan fingerprint density at radius 3 is 1.77 bits per heavy atom. The van der Waals surface area contributed by atoms with Gasteiger partial charge in [0, 0.05) is 47.0 Å². The molecule has 8 aromatic rings. The molecule has 184 valence electrons. The molecule has 0 spiro atoms. The predicted octanol–water partition coefficient (Wildman–Crippen LogP) is 11.6. The van der Waals surface area contributed by atoms with Gasteiger partial charge in [0.05, 0.1) is 10.4 Å². The lowest BCUT2D eigenvalue weighted by Crippen LogP contribution is -2.09. The fraction of sp³-hybridized carbons (Fsp3) is 0. The van der Waals surface area contributed by atoms with Gasteiger partial charge in [-0.1, -0.05) is 84.9 Å². The first kappa shape index (κ1) is 22.5. The molecule has 39 heavy (non-hydrogen) atoms. The van der Waals surface area contributed by atoms with Crippen LogP contribution in [0.25, 0.3) is 51.5 Å². The summed E-state index contributed by atoms with van der Waals surface area (Å²) in [5.41, 5.74) is 5.98. The van der Waals surface area contributed by atoms with Gasteiger partial charge < -0.3 is 4.90 Å². The molecule has 0 saturated carbocycles. The Hall–Kier alpha value is -4.44. The normalized spacial score (nSPS) is 11.6. The van der Waals surface area contributed by atoms with Crippen LogP contribution in [-0.2, 0) is 0 Å². The van der Waals surface area contributed by atoms with Gasteiger partial charge in [0.2, 0.25) is 0 Å². The summed E-state index contributed by atoms with van der Waals surface area (Å²) in [6.45, 7) is 0. The van der Waals surface area contributed by atoms with Crippen molar-refractivity contribution in [3.63, 3.8) is 0 Å². The third-order valence-corrected chi connectivity index (χ3v) is 9.84. The lowest BCUT2D eigenvalue weighted by atomic mass is 10.0. The van der Waals surface area contributed by atoms with Gasteiger partial charge in [-0.2, -0.15) is 0 Å². The third-order valence-electron chi connectivity index (χ3n) is 7.47. The van der Waals surface area contributed by atoms with Crippen LogP contribution < -0.4 is 4.90 Å². The molecule has 6 aromatic carbocycles. The monoisotopic (exact) mass is 533 g/mol. The highest BCUT2D eigenvalue weighted by molar-refractivity contribution is 7.26. The van der Waals surface area contributed by atoms with Gasteiger partial charge in [0.1, 0.15) is 0 Å². The van der Waals surface area contributed by atoms with Crippen LogP contribution in [0.5, 0.6) is 0 Å². The number of para-hydroxylation sites is 1. The van der Waals surface area contributed by atoms with Crippen molar-refractivity contribution < 1.29 is 0 Å². The van der Waals surface area contributed by atoms with Crippen molar-refractivity contribution in [2.45, 2.75) is 0 Å². The second kappa shape index (κ2) is 9.09. The van der Waals surface area contributed by atoms with Crippen LogP contribution >= 0.6 is 22.7 Å². The highest BCUT2D eigenvalue weighted by atomic mass is 32.1. The minimum absolute atomic E-state index is 1.15. The zero-order chi connectivity index (χ0) is 25.8. The van der Waals surface area contributed by atoms with Gasteiger partial charge >= 0.3 is 0 Å². The molecule has 0 radical (unpaired) electrons. The second-order valence-corrected chi connectivity index (χ2v) is 11.9. The lowest BCUT2D eigenvalue weighted by molar-refractivity contribution is 1.30. The van der Waals surface area contributed by atoms with Gasteiger partial charge in [0.15, 0.2) is 0 Å². The fourth-order valence-electron chi connectivity index (χ4n) is 5.62. The SMILES string of the molecule is c1ccc(N(c2ccc(-c3ccc4sc5ccccc5c4c3)cc2)c2cccc3c2sc2ccccc23)cc1. The van der Waals surface area contributed by atoms with Gasteiger partial charge in [-0.15, -0.1) is 22.7 Å². The van der Waals surface area contributed by atoms with Crippen molar-refractivity contribution >= 4 is 80.1 Å². The standard InChI is InChI=1S/C36H23NS2/c1-2-9-26(10-3-1)37(32-14-8-13-30-28-11-4-7-16-34(28)39-36(30)32)27-20-17-24(18-21-27)25-19-22-35-31(23-25)29-12-5-6-15-33(29)38-35/h1-23H. The summed E-state index contributed by atoms with van der Waals surface area (Å²) < 4.78 is 5.30. The van der Waals surface area contributed by atoms with E-state index in [4.69, 9.17) is 0 Å². The van der Waals surface area contributed by atoms with Crippen LogP contribution in [0.1, 0.15) is 0 Å². The maximum absolute atomic E-state index is 2.39. The van der Waals surface area contributed by atoms with Crippen LogP contribution in [-0.4, -0.2) is 0 Å². The number of fused-ring (bicyclic) bond motifs is 6. The van der Waals surface area contributed by atoms with Crippen LogP contribution in [0.4, 0.5) is 17.1 Å². The van der Waals surface area contributed by atoms with Crippen LogP contribution in [0.2, 0.25) is 0 Å². The number of rotatable bonds is 4. The van der Waals surface area contributed by atoms with Crippen LogP contribution in [0.3, 0.4) is 0 Å². The van der Waals surface area contributed by atoms with E-state index in [0.717, 1.165) is 11.4 Å². The van der Waals surface area contributed by atoms with Gasteiger partial charge in [-0.05, 0) is 65.7 Å². The Balaban J connectivity index is 1.26. The predicted molar refractivity (Wildman–Crippen MR) is 172 cm³/mol. The van der Waals surface area contributed by atoms with Gasteiger partial charge in [-0.25, -0.2) is 0 Å². The lowest BCUT2D eigenvalue weighted by Gasteiger charge is -2.26. The minimum Gasteiger partial charge on any atom is -0.309 e. The van der Waals surface area contributed by atoms with Crippen LogP contribution in [0, 0.1) is 0 Å². The van der Waals surface area contributed by atoms with Crippen LogP contribution in [0.15, 0.2) is 140 Å². The Labute approximate surface area is 234 Å². The molecular weight excluding hydrogens is 511 g/mol. The van der Waals surface area contributed by atoms with E-state index in [0.29, 0.717) is 0 Å². The Kier molecular flexibility index (Phi) is 5.25. The second-order valence-electron chi connectivity index (χ2n) is 9.78. The molecule has 8 rings (SSSR count). The molecular formula is C36H23NS2. The van der Waals surface area contributed by atoms with E-state index in [1.807, 2.05) is 22.7 Å². The third kappa shape index (κ3) is 3.74. The smallest absolute Gasteiger partial charge is 0.0640 e. The number of hydrogen-bond acceptors (Lipinski definition) is 3. The first-order valence-electron chi connectivity index (χ1n) is 13.1. The maximum atomic E-state index is 2.39. The molecule has 0 bridgehead atoms. The highest BCUT2D eigenvalue weighted by Gasteiger charge is 2.18. The summed E-state index contributed by atoms with van der Waals surface area (Å²) in [4.78, 5) is 2.39. The van der Waals surface area contributed by atoms with E-state index < -0.39 is 0 Å². The van der Waals surface area contributed by atoms with Crippen molar-refractivity contribution in [1.29, 1.82) is 0 Å². The summed E-state index contributed by atoms with van der Waals surface area (Å²) in [7, 11) is 0. The average molecular weight is 534 g/mol. The molecule has 0 atom stereocenters. The Morgan fingerprint density at radius 1 is 0.385 bits per heavy atom. The minimum atomic E-state index is 1.15. The number of thiophene rings is 2. The Bertz CT molecular complexity index is 2120.